The number of rotatable bonds is 13. The average Bonchev–Trinajstić information content (AvgIpc) is 3.17. The number of benzene rings is 4. The number of hydrogen-bond acceptors (Lipinski definition) is 8. The number of anilines is 1. The van der Waals surface area contributed by atoms with Gasteiger partial charge in [0.2, 0.25) is 11.8 Å². The van der Waals surface area contributed by atoms with Gasteiger partial charge in [0, 0.05) is 56.7 Å². The summed E-state index contributed by atoms with van der Waals surface area (Å²) in [6.45, 7) is 4.04. The van der Waals surface area contributed by atoms with Crippen molar-refractivity contribution in [3.8, 4) is 23.3 Å². The highest BCUT2D eigenvalue weighted by atomic mass is 16.5. The van der Waals surface area contributed by atoms with Crippen molar-refractivity contribution in [1.82, 2.24) is 15.5 Å². The van der Waals surface area contributed by atoms with Crippen LogP contribution in [-0.2, 0) is 20.9 Å². The maximum Gasteiger partial charge on any atom is 0.260 e. The van der Waals surface area contributed by atoms with E-state index in [-0.39, 0.29) is 43.7 Å². The number of ether oxygens (including phenoxy) is 2. The molecule has 11 nitrogen and oxygen atoms in total. The molecule has 2 aliphatic rings. The van der Waals surface area contributed by atoms with Gasteiger partial charge in [0.15, 0.2) is 6.61 Å². The fourth-order valence-electron chi connectivity index (χ4n) is 5.65. The summed E-state index contributed by atoms with van der Waals surface area (Å²) in [7, 11) is 0. The molecule has 3 amide bonds. The molecule has 2 heterocycles. The van der Waals surface area contributed by atoms with E-state index in [1.54, 1.807) is 58.3 Å². The fourth-order valence-corrected chi connectivity index (χ4v) is 5.65. The van der Waals surface area contributed by atoms with Crippen molar-refractivity contribution in [2.45, 2.75) is 25.8 Å². The van der Waals surface area contributed by atoms with Gasteiger partial charge in [-0.25, -0.2) is 0 Å². The Kier molecular flexibility index (Phi) is 12.0. The number of carbonyl (C=O) groups excluding carboxylic acids is 3. The lowest BCUT2D eigenvalue weighted by molar-refractivity contribution is -0.134. The van der Waals surface area contributed by atoms with E-state index in [4.69, 9.17) is 9.47 Å². The van der Waals surface area contributed by atoms with Gasteiger partial charge in [0.05, 0.1) is 30.2 Å². The third-order valence-electron chi connectivity index (χ3n) is 8.44. The standard InChI is InChI=1S/C40H40N6O5/c47-38(42-22-21-39(48)46-28-32-8-2-1-6-30(32)11-12-31-7-3-4-9-37(31)46)10-5-27-50-35-17-13-33(14-18-35)43-44-34-15-19-36(20-16-34)51-29-40(49)45-25-23-41-24-26-45/h1-4,6-9,13-20,41H,5,10,21-29H2,(H,42,47). The van der Waals surface area contributed by atoms with Crippen LogP contribution in [0, 0.1) is 11.8 Å². The lowest BCUT2D eigenvalue weighted by Crippen LogP contribution is -2.47. The summed E-state index contributed by atoms with van der Waals surface area (Å²) in [6.07, 6.45) is 0.987. The normalized spacial score (nSPS) is 13.6. The Morgan fingerprint density at radius 1 is 0.725 bits per heavy atom. The van der Waals surface area contributed by atoms with Gasteiger partial charge < -0.3 is 29.9 Å². The SMILES string of the molecule is O=C(CCCOc1ccc(N=Nc2ccc(OCC(=O)N3CCNCC3)cc2)cc1)NCCC(=O)N1Cc2ccccc2C#Cc2ccccc21. The summed E-state index contributed by atoms with van der Waals surface area (Å²) < 4.78 is 11.4. The summed E-state index contributed by atoms with van der Waals surface area (Å²) in [6, 6.07) is 29.8. The van der Waals surface area contributed by atoms with Crippen LogP contribution in [0.4, 0.5) is 17.1 Å². The summed E-state index contributed by atoms with van der Waals surface area (Å²) in [5.41, 5.74) is 4.79. The van der Waals surface area contributed by atoms with Gasteiger partial charge in [-0.05, 0) is 78.7 Å². The molecule has 260 valence electrons. The van der Waals surface area contributed by atoms with Crippen molar-refractivity contribution in [2.24, 2.45) is 10.2 Å². The van der Waals surface area contributed by atoms with E-state index in [0.717, 1.165) is 35.5 Å². The summed E-state index contributed by atoms with van der Waals surface area (Å²) >= 11 is 0. The van der Waals surface area contributed by atoms with E-state index in [1.165, 1.54) is 0 Å². The molecule has 0 atom stereocenters. The number of azo groups is 1. The maximum absolute atomic E-state index is 13.3. The van der Waals surface area contributed by atoms with E-state index >= 15 is 0 Å². The van der Waals surface area contributed by atoms with Gasteiger partial charge in [0.25, 0.3) is 5.91 Å². The number of para-hydroxylation sites is 1. The Bertz CT molecular complexity index is 1910. The van der Waals surface area contributed by atoms with E-state index in [0.29, 0.717) is 55.5 Å². The van der Waals surface area contributed by atoms with E-state index < -0.39 is 0 Å². The predicted molar refractivity (Wildman–Crippen MR) is 194 cm³/mol. The van der Waals surface area contributed by atoms with Crippen LogP contribution in [0.2, 0.25) is 0 Å². The molecule has 4 aromatic carbocycles. The Hall–Kier alpha value is -5.99. The van der Waals surface area contributed by atoms with E-state index in [9.17, 15) is 14.4 Å². The lowest BCUT2D eigenvalue weighted by atomic mass is 10.0. The van der Waals surface area contributed by atoms with Crippen LogP contribution < -0.4 is 25.0 Å². The van der Waals surface area contributed by atoms with Gasteiger partial charge in [-0.3, -0.25) is 14.4 Å². The molecule has 1 fully saturated rings. The van der Waals surface area contributed by atoms with Gasteiger partial charge in [0.1, 0.15) is 11.5 Å². The monoisotopic (exact) mass is 684 g/mol. The Balaban J connectivity index is 0.881. The Morgan fingerprint density at radius 2 is 1.35 bits per heavy atom. The van der Waals surface area contributed by atoms with Gasteiger partial charge in [-0.15, -0.1) is 0 Å². The van der Waals surface area contributed by atoms with Crippen molar-refractivity contribution in [3.05, 3.63) is 114 Å². The topological polar surface area (TPSA) is 125 Å². The molecule has 6 rings (SSSR count). The number of nitrogens with zero attached hydrogens (tertiary/aromatic N) is 4. The molecule has 2 aliphatic heterocycles. The highest BCUT2D eigenvalue weighted by molar-refractivity contribution is 5.95. The van der Waals surface area contributed by atoms with Gasteiger partial charge >= 0.3 is 0 Å². The number of hydrogen-bond donors (Lipinski definition) is 2. The Morgan fingerprint density at radius 3 is 2.08 bits per heavy atom. The zero-order valence-electron chi connectivity index (χ0n) is 28.3. The highest BCUT2D eigenvalue weighted by Gasteiger charge is 2.21. The molecule has 0 spiro atoms. The van der Waals surface area contributed by atoms with Crippen LogP contribution in [-0.4, -0.2) is 68.6 Å². The molecular weight excluding hydrogens is 644 g/mol. The largest absolute Gasteiger partial charge is 0.494 e. The molecule has 0 unspecified atom stereocenters. The van der Waals surface area contributed by atoms with Crippen molar-refractivity contribution in [1.29, 1.82) is 0 Å². The van der Waals surface area contributed by atoms with E-state index in [2.05, 4.69) is 32.7 Å². The smallest absolute Gasteiger partial charge is 0.260 e. The first-order chi connectivity index (χ1) is 25.0. The van der Waals surface area contributed by atoms with Crippen LogP contribution >= 0.6 is 0 Å². The number of carbonyl (C=O) groups is 3. The number of piperazine rings is 1. The van der Waals surface area contributed by atoms with Crippen molar-refractivity contribution in [2.75, 3.05) is 50.8 Å². The number of amides is 3. The summed E-state index contributed by atoms with van der Waals surface area (Å²) in [5.74, 6) is 7.46. The zero-order valence-corrected chi connectivity index (χ0v) is 28.3. The molecule has 1 saturated heterocycles. The minimum atomic E-state index is -0.130. The molecule has 51 heavy (non-hydrogen) atoms. The predicted octanol–water partition coefficient (Wildman–Crippen LogP) is 5.52. The summed E-state index contributed by atoms with van der Waals surface area (Å²) in [4.78, 5) is 41.7. The molecule has 0 bridgehead atoms. The first kappa shape index (κ1) is 34.9. The molecular formula is C40H40N6O5. The average molecular weight is 685 g/mol. The third kappa shape index (κ3) is 10.0. The first-order valence-electron chi connectivity index (χ1n) is 17.1. The molecule has 0 aliphatic carbocycles. The zero-order chi connectivity index (χ0) is 35.3. The molecule has 2 N–H and O–H groups in total. The van der Waals surface area contributed by atoms with Crippen LogP contribution in [0.25, 0.3) is 0 Å². The minimum Gasteiger partial charge on any atom is -0.494 e. The fraction of sp³-hybridized carbons (Fsp3) is 0.275. The van der Waals surface area contributed by atoms with E-state index in [1.807, 2.05) is 48.5 Å². The van der Waals surface area contributed by atoms with Crippen molar-refractivity contribution >= 4 is 34.8 Å². The first-order valence-corrected chi connectivity index (χ1v) is 17.1. The molecule has 4 aromatic rings. The molecule has 0 saturated carbocycles. The van der Waals surface area contributed by atoms with Crippen LogP contribution in [0.1, 0.15) is 36.0 Å². The lowest BCUT2D eigenvalue weighted by Gasteiger charge is -2.27. The minimum absolute atomic E-state index is 0.00705. The van der Waals surface area contributed by atoms with Crippen molar-refractivity contribution < 1.29 is 23.9 Å². The van der Waals surface area contributed by atoms with Gasteiger partial charge in [-0.1, -0.05) is 42.2 Å². The maximum atomic E-state index is 13.3. The van der Waals surface area contributed by atoms with Crippen LogP contribution in [0.5, 0.6) is 11.5 Å². The molecule has 11 heteroatoms. The number of fused-ring (bicyclic) bond motifs is 2. The van der Waals surface area contributed by atoms with Crippen LogP contribution in [0.15, 0.2) is 107 Å². The summed E-state index contributed by atoms with van der Waals surface area (Å²) in [5, 5.41) is 14.6. The molecule has 0 aromatic heterocycles. The molecule has 0 radical (unpaired) electrons. The Labute approximate surface area is 297 Å². The second-order valence-electron chi connectivity index (χ2n) is 12.1. The third-order valence-corrected chi connectivity index (χ3v) is 8.44. The highest BCUT2D eigenvalue weighted by Crippen LogP contribution is 2.26. The second-order valence-corrected chi connectivity index (χ2v) is 12.1. The quantitative estimate of drug-likeness (QED) is 0.109. The van der Waals surface area contributed by atoms with Crippen LogP contribution in [0.3, 0.4) is 0 Å². The second kappa shape index (κ2) is 17.6. The van der Waals surface area contributed by atoms with Crippen molar-refractivity contribution in [3.63, 3.8) is 0 Å². The van der Waals surface area contributed by atoms with Gasteiger partial charge in [-0.2, -0.15) is 10.2 Å². The number of nitrogens with one attached hydrogen (secondary N) is 2.